The van der Waals surface area contributed by atoms with E-state index >= 15 is 0 Å². The number of aliphatic hydroxyl groups is 1. The van der Waals surface area contributed by atoms with E-state index < -0.39 is 0 Å². The molecule has 198 valence electrons. The molecule has 6 aromatic rings. The topological polar surface area (TPSA) is 55.9 Å². The lowest BCUT2D eigenvalue weighted by atomic mass is 10.0. The summed E-state index contributed by atoms with van der Waals surface area (Å²) in [6, 6.07) is 41.0. The number of hydrogen-bond acceptors (Lipinski definition) is 3. The quantitative estimate of drug-likeness (QED) is 0.224. The van der Waals surface area contributed by atoms with Gasteiger partial charge in [-0.3, -0.25) is 0 Å². The van der Waals surface area contributed by atoms with Gasteiger partial charge in [0.05, 0.1) is 23.1 Å². The first-order valence-electron chi connectivity index (χ1n) is 13.7. The largest absolute Gasteiger partial charge is 0.396 e. The van der Waals surface area contributed by atoms with E-state index in [-0.39, 0.29) is 12.6 Å². The molecule has 0 fully saturated rings. The number of aromatic nitrogens is 4. The Bertz CT molecular complexity index is 1700. The van der Waals surface area contributed by atoms with Gasteiger partial charge in [-0.25, -0.2) is 4.68 Å². The Kier molecular flexibility index (Phi) is 7.13. The number of rotatable bonds is 8. The molecule has 2 aromatic heterocycles. The van der Waals surface area contributed by atoms with Crippen LogP contribution in [0.1, 0.15) is 29.8 Å². The van der Waals surface area contributed by atoms with Crippen molar-refractivity contribution in [3.8, 4) is 39.3 Å². The molecule has 0 spiro atoms. The summed E-state index contributed by atoms with van der Waals surface area (Å²) in [5.74, 6) is 0. The van der Waals surface area contributed by atoms with Gasteiger partial charge in [0.25, 0.3) is 0 Å². The van der Waals surface area contributed by atoms with Gasteiger partial charge in [0.2, 0.25) is 0 Å². The molecule has 1 N–H and O–H groups in total. The average molecular weight is 525 g/mol. The normalized spacial score (nSPS) is 12.0. The molecule has 5 heteroatoms. The molecule has 6 rings (SSSR count). The summed E-state index contributed by atoms with van der Waals surface area (Å²) in [6.07, 6.45) is 2.42. The maximum Gasteiger partial charge on any atom is 0.0850 e. The van der Waals surface area contributed by atoms with Crippen LogP contribution in [0.3, 0.4) is 0 Å². The van der Waals surface area contributed by atoms with E-state index in [1.165, 1.54) is 22.3 Å². The molecular weight excluding hydrogens is 492 g/mol. The molecule has 0 amide bonds. The molecule has 0 saturated carbocycles. The Labute approximate surface area is 235 Å². The Balaban J connectivity index is 1.51. The van der Waals surface area contributed by atoms with Crippen molar-refractivity contribution in [2.24, 2.45) is 0 Å². The summed E-state index contributed by atoms with van der Waals surface area (Å²) in [5.41, 5.74) is 11.3. The van der Waals surface area contributed by atoms with Crippen molar-refractivity contribution in [1.82, 2.24) is 19.6 Å². The monoisotopic (exact) mass is 524 g/mol. The first-order valence-corrected chi connectivity index (χ1v) is 13.7. The van der Waals surface area contributed by atoms with Crippen LogP contribution in [0.5, 0.6) is 0 Å². The summed E-state index contributed by atoms with van der Waals surface area (Å²) in [6.45, 7) is 4.30. The summed E-state index contributed by atoms with van der Waals surface area (Å²) in [4.78, 5) is 0. The summed E-state index contributed by atoms with van der Waals surface area (Å²) >= 11 is 0. The first-order chi connectivity index (χ1) is 19.6. The van der Waals surface area contributed by atoms with Gasteiger partial charge >= 0.3 is 0 Å². The van der Waals surface area contributed by atoms with Crippen molar-refractivity contribution in [1.29, 1.82) is 0 Å². The van der Waals surface area contributed by atoms with Gasteiger partial charge in [-0.15, -0.1) is 5.10 Å². The van der Waals surface area contributed by atoms with Crippen LogP contribution in [0.25, 0.3) is 39.3 Å². The predicted molar refractivity (Wildman–Crippen MR) is 161 cm³/mol. The molecule has 0 aliphatic rings. The lowest BCUT2D eigenvalue weighted by Gasteiger charge is -2.17. The van der Waals surface area contributed by atoms with Crippen molar-refractivity contribution in [2.75, 3.05) is 6.61 Å². The third-order valence-electron chi connectivity index (χ3n) is 7.44. The molecule has 2 heterocycles. The van der Waals surface area contributed by atoms with E-state index in [0.29, 0.717) is 6.42 Å². The fraction of sp³-hybridized carbons (Fsp3) is 0.143. The van der Waals surface area contributed by atoms with Crippen LogP contribution in [0.4, 0.5) is 0 Å². The van der Waals surface area contributed by atoms with E-state index in [4.69, 9.17) is 0 Å². The zero-order valence-corrected chi connectivity index (χ0v) is 22.8. The van der Waals surface area contributed by atoms with Gasteiger partial charge in [0, 0.05) is 30.5 Å². The van der Waals surface area contributed by atoms with Gasteiger partial charge in [-0.1, -0.05) is 108 Å². The number of aliphatic hydroxyl groups excluding tert-OH is 1. The number of nitrogens with zero attached hydrogens (tertiary/aromatic N) is 4. The fourth-order valence-corrected chi connectivity index (χ4v) is 5.22. The molecule has 1 unspecified atom stereocenters. The van der Waals surface area contributed by atoms with Crippen molar-refractivity contribution >= 4 is 0 Å². The Morgan fingerprint density at radius 3 is 2.05 bits per heavy atom. The third kappa shape index (κ3) is 4.99. The molecule has 1 atom stereocenters. The maximum absolute atomic E-state index is 9.24. The fourth-order valence-electron chi connectivity index (χ4n) is 5.22. The molecule has 0 bridgehead atoms. The van der Waals surface area contributed by atoms with E-state index in [1.807, 2.05) is 10.9 Å². The summed E-state index contributed by atoms with van der Waals surface area (Å²) in [7, 11) is 0. The SMILES string of the molecule is Cc1ccc(-c2cc(-c3ccccc3)c(-c3ccccc3)n2-c2ccc(C(C)n3cc(CCO)nn3)cc2)cc1. The number of hydrogen-bond donors (Lipinski definition) is 1. The number of benzene rings is 4. The zero-order chi connectivity index (χ0) is 27.5. The van der Waals surface area contributed by atoms with Gasteiger partial charge in [0.15, 0.2) is 0 Å². The second-order valence-corrected chi connectivity index (χ2v) is 10.2. The van der Waals surface area contributed by atoms with E-state index in [1.54, 1.807) is 0 Å². The highest BCUT2D eigenvalue weighted by molar-refractivity contribution is 5.88. The minimum Gasteiger partial charge on any atom is -0.396 e. The van der Waals surface area contributed by atoms with Crippen LogP contribution in [0.2, 0.25) is 0 Å². The maximum atomic E-state index is 9.24. The molecule has 0 aliphatic carbocycles. The Morgan fingerprint density at radius 1 is 0.750 bits per heavy atom. The van der Waals surface area contributed by atoms with Crippen LogP contribution >= 0.6 is 0 Å². The highest BCUT2D eigenvalue weighted by atomic mass is 16.3. The molecule has 40 heavy (non-hydrogen) atoms. The Morgan fingerprint density at radius 2 is 1.40 bits per heavy atom. The predicted octanol–water partition coefficient (Wildman–Crippen LogP) is 7.52. The number of aryl methyl sites for hydroxylation is 1. The van der Waals surface area contributed by atoms with Crippen LogP contribution in [0, 0.1) is 6.92 Å². The minimum atomic E-state index is 0.0173. The second kappa shape index (κ2) is 11.2. The lowest BCUT2D eigenvalue weighted by Crippen LogP contribution is -2.08. The average Bonchev–Trinajstić information content (AvgIpc) is 3.64. The molecule has 0 saturated heterocycles. The molecule has 0 aliphatic heterocycles. The third-order valence-corrected chi connectivity index (χ3v) is 7.44. The minimum absolute atomic E-state index is 0.0173. The van der Waals surface area contributed by atoms with Crippen LogP contribution in [0.15, 0.2) is 121 Å². The second-order valence-electron chi connectivity index (χ2n) is 10.2. The molecule has 5 nitrogen and oxygen atoms in total. The van der Waals surface area contributed by atoms with Gasteiger partial charge < -0.3 is 9.67 Å². The first kappa shape index (κ1) is 25.5. The van der Waals surface area contributed by atoms with Crippen molar-refractivity contribution in [2.45, 2.75) is 26.3 Å². The van der Waals surface area contributed by atoms with Crippen LogP contribution in [-0.2, 0) is 6.42 Å². The summed E-state index contributed by atoms with van der Waals surface area (Å²) < 4.78 is 4.24. The highest BCUT2D eigenvalue weighted by Crippen LogP contribution is 2.41. The van der Waals surface area contributed by atoms with Crippen LogP contribution < -0.4 is 0 Å². The highest BCUT2D eigenvalue weighted by Gasteiger charge is 2.21. The molecule has 0 radical (unpaired) electrons. The molecule has 4 aromatic carbocycles. The van der Waals surface area contributed by atoms with Gasteiger partial charge in [-0.2, -0.15) is 0 Å². The van der Waals surface area contributed by atoms with Gasteiger partial charge in [-0.05, 0) is 54.3 Å². The van der Waals surface area contributed by atoms with E-state index in [9.17, 15) is 5.11 Å². The standard InChI is InChI=1S/C35H32N4O/c1-25-13-15-29(16-14-25)34-23-33(28-9-5-3-6-10-28)35(30-11-7-4-8-12-30)39(34)32-19-17-27(18-20-32)26(2)38-24-31(21-22-40)36-37-38/h3-20,23-24,26,40H,21-22H2,1-2H3. The van der Waals surface area contributed by atoms with Crippen LogP contribution in [-0.4, -0.2) is 31.3 Å². The lowest BCUT2D eigenvalue weighted by molar-refractivity contribution is 0.298. The summed E-state index contributed by atoms with van der Waals surface area (Å²) in [5, 5.41) is 17.7. The van der Waals surface area contributed by atoms with Crippen molar-refractivity contribution in [3.63, 3.8) is 0 Å². The Hall–Kier alpha value is -4.74. The van der Waals surface area contributed by atoms with Crippen molar-refractivity contribution in [3.05, 3.63) is 138 Å². The smallest absolute Gasteiger partial charge is 0.0850 e. The van der Waals surface area contributed by atoms with Gasteiger partial charge in [0.1, 0.15) is 0 Å². The van der Waals surface area contributed by atoms with E-state index in [2.05, 4.69) is 144 Å². The van der Waals surface area contributed by atoms with E-state index in [0.717, 1.165) is 33.9 Å². The zero-order valence-electron chi connectivity index (χ0n) is 22.8. The van der Waals surface area contributed by atoms with Crippen molar-refractivity contribution < 1.29 is 5.11 Å². The molecular formula is C35H32N4O.